The quantitative estimate of drug-likeness (QED) is 0.668. The molecule has 0 aliphatic carbocycles. The van der Waals surface area contributed by atoms with E-state index in [-0.39, 0.29) is 5.56 Å². The molecule has 3 aromatic rings. The number of nitrogens with one attached hydrogen (secondary N) is 2. The van der Waals surface area contributed by atoms with Gasteiger partial charge in [-0.05, 0) is 24.6 Å². The molecule has 0 spiro atoms. The van der Waals surface area contributed by atoms with E-state index in [1.165, 1.54) is 13.0 Å². The number of hydrogen-bond acceptors (Lipinski definition) is 4. The molecule has 1 aromatic heterocycles. The number of rotatable bonds is 4. The number of anilines is 3. The van der Waals surface area contributed by atoms with Gasteiger partial charge in [0.1, 0.15) is 5.82 Å². The van der Waals surface area contributed by atoms with E-state index in [9.17, 15) is 13.2 Å². The second-order valence-corrected chi connectivity index (χ2v) is 5.73. The highest BCUT2D eigenvalue weighted by atomic mass is 19.4. The van der Waals surface area contributed by atoms with Crippen LogP contribution in [0.2, 0.25) is 0 Å². The number of nitrogens with zero attached hydrogens (tertiary/aromatic N) is 2. The Bertz CT molecular complexity index is 908. The van der Waals surface area contributed by atoms with E-state index in [1.807, 2.05) is 30.3 Å². The van der Waals surface area contributed by atoms with Crippen LogP contribution >= 0.6 is 0 Å². The van der Waals surface area contributed by atoms with Crippen molar-refractivity contribution in [1.29, 1.82) is 0 Å². The van der Waals surface area contributed by atoms with Gasteiger partial charge in [0.2, 0.25) is 5.95 Å². The van der Waals surface area contributed by atoms with Crippen LogP contribution in [0.5, 0.6) is 0 Å². The zero-order valence-corrected chi connectivity index (χ0v) is 14.2. The van der Waals surface area contributed by atoms with Crippen molar-refractivity contribution in [2.24, 2.45) is 0 Å². The van der Waals surface area contributed by atoms with Gasteiger partial charge in [-0.2, -0.15) is 18.2 Å². The summed E-state index contributed by atoms with van der Waals surface area (Å²) in [6.45, 7) is 1.43. The van der Waals surface area contributed by atoms with Crippen LogP contribution in [0.4, 0.5) is 30.6 Å². The minimum Gasteiger partial charge on any atom is -0.357 e. The van der Waals surface area contributed by atoms with E-state index in [0.29, 0.717) is 23.1 Å². The van der Waals surface area contributed by atoms with Crippen molar-refractivity contribution in [1.82, 2.24) is 9.97 Å². The molecule has 3 rings (SSSR count). The first-order valence-electron chi connectivity index (χ1n) is 7.94. The Morgan fingerprint density at radius 3 is 2.31 bits per heavy atom. The third-order valence-electron chi connectivity index (χ3n) is 3.83. The zero-order chi connectivity index (χ0) is 18.7. The molecule has 0 unspecified atom stereocenters. The first-order chi connectivity index (χ1) is 12.4. The molecule has 7 heteroatoms. The average molecular weight is 358 g/mol. The van der Waals surface area contributed by atoms with Crippen LogP contribution in [0.1, 0.15) is 11.1 Å². The minimum atomic E-state index is -4.40. The largest absolute Gasteiger partial charge is 0.416 e. The average Bonchev–Trinajstić information content (AvgIpc) is 2.63. The fourth-order valence-corrected chi connectivity index (χ4v) is 2.53. The van der Waals surface area contributed by atoms with Crippen LogP contribution < -0.4 is 10.6 Å². The second-order valence-electron chi connectivity index (χ2n) is 5.73. The van der Waals surface area contributed by atoms with Gasteiger partial charge in [0, 0.05) is 24.4 Å². The monoisotopic (exact) mass is 358 g/mol. The van der Waals surface area contributed by atoms with E-state index >= 15 is 0 Å². The predicted molar refractivity (Wildman–Crippen MR) is 96.5 cm³/mol. The van der Waals surface area contributed by atoms with Crippen LogP contribution in [0.3, 0.4) is 0 Å². The van der Waals surface area contributed by atoms with Crippen molar-refractivity contribution in [3.63, 3.8) is 0 Å². The first kappa shape index (κ1) is 17.7. The van der Waals surface area contributed by atoms with Gasteiger partial charge in [-0.1, -0.05) is 36.4 Å². The molecule has 2 aromatic carbocycles. The van der Waals surface area contributed by atoms with Gasteiger partial charge in [0.25, 0.3) is 0 Å². The molecule has 0 fully saturated rings. The van der Waals surface area contributed by atoms with Crippen molar-refractivity contribution in [2.75, 3.05) is 17.7 Å². The standard InChI is InChI=1S/C19H17F3N4/c1-12-8-9-14(10-15(12)19(20,21)22)24-17-11-16(25-18(23-2)26-17)13-6-4-3-5-7-13/h3-11H,1-2H3,(H2,23,24,25,26). The zero-order valence-electron chi connectivity index (χ0n) is 14.2. The summed E-state index contributed by atoms with van der Waals surface area (Å²) in [5.41, 5.74) is 1.35. The number of halogens is 3. The maximum absolute atomic E-state index is 13.1. The van der Waals surface area contributed by atoms with Gasteiger partial charge in [-0.25, -0.2) is 4.98 Å². The molecule has 134 valence electrons. The van der Waals surface area contributed by atoms with Gasteiger partial charge < -0.3 is 10.6 Å². The summed E-state index contributed by atoms with van der Waals surface area (Å²) in [5, 5.41) is 5.80. The lowest BCUT2D eigenvalue weighted by Gasteiger charge is -2.14. The second kappa shape index (κ2) is 7.03. The normalized spacial score (nSPS) is 11.3. The highest BCUT2D eigenvalue weighted by Crippen LogP contribution is 2.34. The third-order valence-corrected chi connectivity index (χ3v) is 3.83. The van der Waals surface area contributed by atoms with Gasteiger partial charge in [-0.15, -0.1) is 0 Å². The SMILES string of the molecule is CNc1nc(Nc2ccc(C)c(C(F)(F)F)c2)cc(-c2ccccc2)n1. The van der Waals surface area contributed by atoms with Crippen molar-refractivity contribution in [3.8, 4) is 11.3 Å². The summed E-state index contributed by atoms with van der Waals surface area (Å²) in [7, 11) is 1.68. The van der Waals surface area contributed by atoms with Crippen LogP contribution in [0, 0.1) is 6.92 Å². The molecular formula is C19H17F3N4. The van der Waals surface area contributed by atoms with E-state index in [0.717, 1.165) is 11.6 Å². The molecule has 0 atom stereocenters. The number of alkyl halides is 3. The van der Waals surface area contributed by atoms with Crippen molar-refractivity contribution in [2.45, 2.75) is 13.1 Å². The lowest BCUT2D eigenvalue weighted by Crippen LogP contribution is -2.08. The Balaban J connectivity index is 1.98. The molecule has 26 heavy (non-hydrogen) atoms. The molecule has 0 amide bonds. The molecule has 0 aliphatic heterocycles. The van der Waals surface area contributed by atoms with Crippen LogP contribution in [0.25, 0.3) is 11.3 Å². The minimum absolute atomic E-state index is 0.173. The Kier molecular flexibility index (Phi) is 4.79. The molecule has 0 radical (unpaired) electrons. The topological polar surface area (TPSA) is 49.8 Å². The highest BCUT2D eigenvalue weighted by Gasteiger charge is 2.32. The summed E-state index contributed by atoms with van der Waals surface area (Å²) < 4.78 is 39.3. The maximum Gasteiger partial charge on any atom is 0.416 e. The van der Waals surface area contributed by atoms with Crippen LogP contribution in [-0.2, 0) is 6.18 Å². The van der Waals surface area contributed by atoms with Gasteiger partial charge in [0.15, 0.2) is 0 Å². The highest BCUT2D eigenvalue weighted by molar-refractivity contribution is 5.67. The Morgan fingerprint density at radius 1 is 0.923 bits per heavy atom. The van der Waals surface area contributed by atoms with Crippen molar-refractivity contribution < 1.29 is 13.2 Å². The van der Waals surface area contributed by atoms with Gasteiger partial charge >= 0.3 is 6.18 Å². The molecule has 1 heterocycles. The lowest BCUT2D eigenvalue weighted by molar-refractivity contribution is -0.138. The van der Waals surface area contributed by atoms with Crippen molar-refractivity contribution in [3.05, 3.63) is 65.7 Å². The molecule has 0 bridgehead atoms. The Labute approximate surface area is 149 Å². The van der Waals surface area contributed by atoms with E-state index in [2.05, 4.69) is 20.6 Å². The summed E-state index contributed by atoms with van der Waals surface area (Å²) in [4.78, 5) is 8.66. The number of aromatic nitrogens is 2. The molecule has 4 nitrogen and oxygen atoms in total. The lowest BCUT2D eigenvalue weighted by atomic mass is 10.1. The van der Waals surface area contributed by atoms with E-state index in [1.54, 1.807) is 19.2 Å². The Morgan fingerprint density at radius 2 is 1.65 bits per heavy atom. The smallest absolute Gasteiger partial charge is 0.357 e. The predicted octanol–water partition coefficient (Wildman–Crippen LogP) is 5.26. The summed E-state index contributed by atoms with van der Waals surface area (Å²) in [6, 6.07) is 15.3. The van der Waals surface area contributed by atoms with E-state index in [4.69, 9.17) is 0 Å². The fourth-order valence-electron chi connectivity index (χ4n) is 2.53. The summed E-state index contributed by atoms with van der Waals surface area (Å²) in [5.74, 6) is 0.775. The summed E-state index contributed by atoms with van der Waals surface area (Å²) >= 11 is 0. The Hall–Kier alpha value is -3.09. The van der Waals surface area contributed by atoms with Crippen LogP contribution in [0.15, 0.2) is 54.6 Å². The third kappa shape index (κ3) is 3.93. The first-order valence-corrected chi connectivity index (χ1v) is 7.94. The maximum atomic E-state index is 13.1. The summed E-state index contributed by atoms with van der Waals surface area (Å²) in [6.07, 6.45) is -4.40. The molecular weight excluding hydrogens is 341 g/mol. The van der Waals surface area contributed by atoms with Gasteiger partial charge in [0.05, 0.1) is 11.3 Å². The number of hydrogen-bond donors (Lipinski definition) is 2. The number of aryl methyl sites for hydroxylation is 1. The van der Waals surface area contributed by atoms with Gasteiger partial charge in [-0.3, -0.25) is 0 Å². The van der Waals surface area contributed by atoms with E-state index < -0.39 is 11.7 Å². The molecule has 0 saturated heterocycles. The fraction of sp³-hybridized carbons (Fsp3) is 0.158. The molecule has 0 aliphatic rings. The van der Waals surface area contributed by atoms with Crippen LogP contribution in [-0.4, -0.2) is 17.0 Å². The molecule has 0 saturated carbocycles. The number of benzene rings is 2. The molecule has 2 N–H and O–H groups in total. The van der Waals surface area contributed by atoms with Crippen molar-refractivity contribution >= 4 is 17.5 Å².